The molecule has 3 nitrogen and oxygen atoms in total. The van der Waals surface area contributed by atoms with Crippen LogP contribution in [0.4, 0.5) is 0 Å². The van der Waals surface area contributed by atoms with Crippen molar-refractivity contribution in [2.75, 3.05) is 0 Å². The molecule has 0 saturated heterocycles. The average Bonchev–Trinajstić information content (AvgIpc) is 2.88. The molecule has 3 aromatic rings. The molecule has 3 heteroatoms. The van der Waals surface area contributed by atoms with Gasteiger partial charge in [0.2, 0.25) is 0 Å². The fourth-order valence-corrected chi connectivity index (χ4v) is 2.07. The van der Waals surface area contributed by atoms with Crippen LogP contribution in [0.2, 0.25) is 0 Å². The molecule has 24 heavy (non-hydrogen) atoms. The van der Waals surface area contributed by atoms with E-state index < -0.39 is 0 Å². The molecule has 0 radical (unpaired) electrons. The van der Waals surface area contributed by atoms with Gasteiger partial charge in [0.1, 0.15) is 11.0 Å². The highest BCUT2D eigenvalue weighted by atomic mass is 15.5. The summed E-state index contributed by atoms with van der Waals surface area (Å²) in [5, 5.41) is 8.96. The number of hydrogen-bond acceptors (Lipinski definition) is 2. The zero-order valence-corrected chi connectivity index (χ0v) is 16.0. The molecule has 0 unspecified atom stereocenters. The molecule has 2 aromatic carbocycles. The molecule has 0 saturated carbocycles. The topological polar surface area (TPSA) is 30.7 Å². The summed E-state index contributed by atoms with van der Waals surface area (Å²) in [7, 11) is 0. The standard InChI is InChI=1S/C16H17N3.C5H12/c1-16(2,3)12-8-10-13(11-9-12)19-17-14-6-4-5-7-15(14)18-19;1-5(2,3)4/h4-11H,1-3H3;1-4H3. The van der Waals surface area contributed by atoms with Gasteiger partial charge in [0, 0.05) is 0 Å². The van der Waals surface area contributed by atoms with Gasteiger partial charge in [-0.05, 0) is 40.7 Å². The summed E-state index contributed by atoms with van der Waals surface area (Å²) in [5.41, 5.74) is 4.81. The van der Waals surface area contributed by atoms with Crippen LogP contribution in [-0.2, 0) is 5.41 Å². The summed E-state index contributed by atoms with van der Waals surface area (Å²) in [6.07, 6.45) is 0. The lowest BCUT2D eigenvalue weighted by molar-refractivity contribution is 0.469. The van der Waals surface area contributed by atoms with E-state index in [1.54, 1.807) is 4.80 Å². The van der Waals surface area contributed by atoms with Gasteiger partial charge in [-0.25, -0.2) is 0 Å². The van der Waals surface area contributed by atoms with E-state index in [0.29, 0.717) is 5.41 Å². The van der Waals surface area contributed by atoms with Crippen molar-refractivity contribution in [1.82, 2.24) is 15.0 Å². The van der Waals surface area contributed by atoms with Gasteiger partial charge in [-0.1, -0.05) is 72.7 Å². The van der Waals surface area contributed by atoms with Crippen LogP contribution >= 0.6 is 0 Å². The molecule has 0 fully saturated rings. The average molecular weight is 323 g/mol. The van der Waals surface area contributed by atoms with Crippen LogP contribution in [0.15, 0.2) is 48.5 Å². The highest BCUT2D eigenvalue weighted by molar-refractivity contribution is 5.73. The van der Waals surface area contributed by atoms with Gasteiger partial charge in [-0.3, -0.25) is 0 Å². The summed E-state index contributed by atoms with van der Waals surface area (Å²) >= 11 is 0. The van der Waals surface area contributed by atoms with Gasteiger partial charge in [0.05, 0.1) is 5.69 Å². The van der Waals surface area contributed by atoms with Crippen molar-refractivity contribution in [1.29, 1.82) is 0 Å². The lowest BCUT2D eigenvalue weighted by Crippen LogP contribution is -2.11. The van der Waals surface area contributed by atoms with Gasteiger partial charge in [-0.15, -0.1) is 10.2 Å². The highest BCUT2D eigenvalue weighted by Crippen LogP contribution is 2.23. The maximum Gasteiger partial charge on any atom is 0.113 e. The van der Waals surface area contributed by atoms with Gasteiger partial charge >= 0.3 is 0 Å². The third kappa shape index (κ3) is 5.19. The number of nitrogens with zero attached hydrogens (tertiary/aromatic N) is 3. The first kappa shape index (κ1) is 18.2. The Balaban J connectivity index is 0.000000368. The monoisotopic (exact) mass is 323 g/mol. The normalized spacial score (nSPS) is 12.0. The molecule has 128 valence electrons. The fourth-order valence-electron chi connectivity index (χ4n) is 2.07. The SMILES string of the molecule is CC(C)(C)C.CC(C)(C)c1ccc(-n2nc3ccccc3n2)cc1. The van der Waals surface area contributed by atoms with E-state index in [-0.39, 0.29) is 5.41 Å². The van der Waals surface area contributed by atoms with Crippen molar-refractivity contribution >= 4 is 11.0 Å². The van der Waals surface area contributed by atoms with Crippen LogP contribution in [0, 0.1) is 5.41 Å². The number of hydrogen-bond donors (Lipinski definition) is 0. The zero-order valence-electron chi connectivity index (χ0n) is 16.0. The molecule has 3 rings (SSSR count). The molecule has 1 aromatic heterocycles. The third-order valence-corrected chi connectivity index (χ3v) is 3.25. The molecular formula is C21H29N3. The van der Waals surface area contributed by atoms with Crippen LogP contribution in [0.1, 0.15) is 54.0 Å². The smallest absolute Gasteiger partial charge is 0.113 e. The molecule has 0 aliphatic carbocycles. The molecular weight excluding hydrogens is 294 g/mol. The van der Waals surface area contributed by atoms with Crippen LogP contribution < -0.4 is 0 Å². The van der Waals surface area contributed by atoms with Gasteiger partial charge < -0.3 is 0 Å². The Hall–Kier alpha value is -2.16. The molecule has 0 bridgehead atoms. The maximum atomic E-state index is 4.48. The first-order valence-corrected chi connectivity index (χ1v) is 8.47. The van der Waals surface area contributed by atoms with Gasteiger partial charge in [0.25, 0.3) is 0 Å². The number of benzene rings is 2. The van der Waals surface area contributed by atoms with Crippen molar-refractivity contribution in [3.8, 4) is 5.69 Å². The Labute approximate surface area is 145 Å². The van der Waals surface area contributed by atoms with Crippen LogP contribution in [0.3, 0.4) is 0 Å². The predicted octanol–water partition coefficient (Wildman–Crippen LogP) is 5.77. The van der Waals surface area contributed by atoms with Crippen molar-refractivity contribution in [2.24, 2.45) is 5.41 Å². The molecule has 0 N–H and O–H groups in total. The lowest BCUT2D eigenvalue weighted by Gasteiger charge is -2.18. The molecule has 0 spiro atoms. The second-order valence-corrected chi connectivity index (χ2v) is 8.78. The second-order valence-electron chi connectivity index (χ2n) is 8.78. The minimum atomic E-state index is 0.167. The Morgan fingerprint density at radius 3 is 1.46 bits per heavy atom. The molecule has 0 aliphatic rings. The molecule has 1 heterocycles. The predicted molar refractivity (Wildman–Crippen MR) is 103 cm³/mol. The Morgan fingerprint density at radius 2 is 1.08 bits per heavy atom. The Kier molecular flexibility index (Phi) is 5.12. The van der Waals surface area contributed by atoms with E-state index in [0.717, 1.165) is 16.7 Å². The summed E-state index contributed by atoms with van der Waals surface area (Å²) < 4.78 is 0. The van der Waals surface area contributed by atoms with Crippen LogP contribution in [0.25, 0.3) is 16.7 Å². The Morgan fingerprint density at radius 1 is 0.667 bits per heavy atom. The first-order chi connectivity index (χ1) is 11.0. The van der Waals surface area contributed by atoms with E-state index in [4.69, 9.17) is 0 Å². The Bertz CT molecular complexity index is 745. The van der Waals surface area contributed by atoms with E-state index in [2.05, 4.69) is 82.9 Å². The summed E-state index contributed by atoms with van der Waals surface area (Å²) in [6.45, 7) is 15.4. The van der Waals surface area contributed by atoms with Crippen molar-refractivity contribution in [3.63, 3.8) is 0 Å². The summed E-state index contributed by atoms with van der Waals surface area (Å²) in [4.78, 5) is 1.69. The minimum Gasteiger partial charge on any atom is -0.150 e. The quantitative estimate of drug-likeness (QED) is 0.569. The maximum absolute atomic E-state index is 4.48. The van der Waals surface area contributed by atoms with Crippen LogP contribution in [-0.4, -0.2) is 15.0 Å². The highest BCUT2D eigenvalue weighted by Gasteiger charge is 2.13. The largest absolute Gasteiger partial charge is 0.150 e. The number of aromatic nitrogens is 3. The van der Waals surface area contributed by atoms with Crippen LogP contribution in [0.5, 0.6) is 0 Å². The van der Waals surface area contributed by atoms with Crippen molar-refractivity contribution < 1.29 is 0 Å². The zero-order chi connectivity index (χ0) is 18.0. The second kappa shape index (κ2) is 6.76. The van der Waals surface area contributed by atoms with E-state index in [9.17, 15) is 0 Å². The molecule has 0 atom stereocenters. The number of rotatable bonds is 1. The van der Waals surface area contributed by atoms with E-state index in [1.807, 2.05) is 24.3 Å². The lowest BCUT2D eigenvalue weighted by atomic mass is 9.87. The van der Waals surface area contributed by atoms with Gasteiger partial charge in [-0.2, -0.15) is 4.80 Å². The van der Waals surface area contributed by atoms with Crippen molar-refractivity contribution in [3.05, 3.63) is 54.1 Å². The molecule has 0 amide bonds. The van der Waals surface area contributed by atoms with E-state index in [1.165, 1.54) is 5.56 Å². The number of fused-ring (bicyclic) bond motifs is 1. The van der Waals surface area contributed by atoms with E-state index >= 15 is 0 Å². The summed E-state index contributed by atoms with van der Waals surface area (Å²) in [5.74, 6) is 0. The molecule has 0 aliphatic heterocycles. The van der Waals surface area contributed by atoms with Gasteiger partial charge in [0.15, 0.2) is 0 Å². The first-order valence-electron chi connectivity index (χ1n) is 8.47. The van der Waals surface area contributed by atoms with Crippen molar-refractivity contribution in [2.45, 2.75) is 53.9 Å². The fraction of sp³-hybridized carbons (Fsp3) is 0.429. The third-order valence-electron chi connectivity index (χ3n) is 3.25. The summed E-state index contributed by atoms with van der Waals surface area (Å²) in [6, 6.07) is 16.3. The minimum absolute atomic E-state index is 0.167.